The molecule has 3 unspecified atom stereocenters. The lowest BCUT2D eigenvalue weighted by atomic mass is 10.1. The fourth-order valence-corrected chi connectivity index (χ4v) is 3.63. The zero-order chi connectivity index (χ0) is 11.3. The first-order chi connectivity index (χ1) is 7.13. The Balaban J connectivity index is 2.27. The molecule has 1 rings (SSSR count). The molecule has 1 saturated heterocycles. The van der Waals surface area contributed by atoms with Crippen molar-refractivity contribution in [2.45, 2.75) is 38.8 Å². The van der Waals surface area contributed by atoms with E-state index in [1.165, 1.54) is 0 Å². The summed E-state index contributed by atoms with van der Waals surface area (Å²) in [6, 6.07) is 0.354. The molecule has 15 heavy (non-hydrogen) atoms. The fraction of sp³-hybridized carbons (Fsp3) is 1.00. The van der Waals surface area contributed by atoms with Gasteiger partial charge in [0.2, 0.25) is 0 Å². The van der Waals surface area contributed by atoms with Crippen LogP contribution in [0.4, 0.5) is 0 Å². The first kappa shape index (κ1) is 13.1. The van der Waals surface area contributed by atoms with E-state index < -0.39 is 10.8 Å². The highest BCUT2D eigenvalue weighted by Gasteiger charge is 2.21. The van der Waals surface area contributed by atoms with E-state index in [-0.39, 0.29) is 6.10 Å². The SMILES string of the molecule is CNC(CS(=O)CC1CCCO1)C(C)C. The number of rotatable bonds is 6. The van der Waals surface area contributed by atoms with Gasteiger partial charge in [0.1, 0.15) is 0 Å². The molecule has 3 nitrogen and oxygen atoms in total. The van der Waals surface area contributed by atoms with Gasteiger partial charge in [-0.05, 0) is 25.8 Å². The number of ether oxygens (including phenoxy) is 1. The van der Waals surface area contributed by atoms with Crippen LogP contribution in [0.1, 0.15) is 26.7 Å². The summed E-state index contributed by atoms with van der Waals surface area (Å²) in [5.41, 5.74) is 0. The van der Waals surface area contributed by atoms with Gasteiger partial charge >= 0.3 is 0 Å². The molecule has 1 heterocycles. The van der Waals surface area contributed by atoms with E-state index >= 15 is 0 Å². The molecule has 0 amide bonds. The average Bonchev–Trinajstić information content (AvgIpc) is 2.66. The minimum atomic E-state index is -0.748. The van der Waals surface area contributed by atoms with Gasteiger partial charge in [0.15, 0.2) is 0 Å². The monoisotopic (exact) mass is 233 g/mol. The highest BCUT2D eigenvalue weighted by molar-refractivity contribution is 7.85. The van der Waals surface area contributed by atoms with Crippen molar-refractivity contribution < 1.29 is 8.95 Å². The molecular weight excluding hydrogens is 210 g/mol. The van der Waals surface area contributed by atoms with E-state index in [9.17, 15) is 4.21 Å². The minimum Gasteiger partial charge on any atom is -0.377 e. The summed E-state index contributed by atoms with van der Waals surface area (Å²) in [4.78, 5) is 0. The lowest BCUT2D eigenvalue weighted by Crippen LogP contribution is -2.37. The molecule has 0 aromatic carbocycles. The molecule has 1 fully saturated rings. The molecule has 0 bridgehead atoms. The number of hydrogen-bond acceptors (Lipinski definition) is 3. The molecular formula is C11H23NO2S. The van der Waals surface area contributed by atoms with Crippen LogP contribution >= 0.6 is 0 Å². The van der Waals surface area contributed by atoms with E-state index in [0.717, 1.165) is 25.2 Å². The first-order valence-electron chi connectivity index (χ1n) is 5.77. The second-order valence-electron chi connectivity index (χ2n) is 4.55. The van der Waals surface area contributed by atoms with Crippen LogP contribution in [0.25, 0.3) is 0 Å². The Labute approximate surface area is 95.4 Å². The van der Waals surface area contributed by atoms with Gasteiger partial charge in [0.25, 0.3) is 0 Å². The van der Waals surface area contributed by atoms with E-state index in [1.807, 2.05) is 7.05 Å². The largest absolute Gasteiger partial charge is 0.377 e. The van der Waals surface area contributed by atoms with Gasteiger partial charge < -0.3 is 10.1 Å². The van der Waals surface area contributed by atoms with Crippen LogP contribution in [0.3, 0.4) is 0 Å². The van der Waals surface area contributed by atoms with Crippen LogP contribution in [0, 0.1) is 5.92 Å². The summed E-state index contributed by atoms with van der Waals surface area (Å²) < 4.78 is 17.3. The van der Waals surface area contributed by atoms with Gasteiger partial charge in [-0.3, -0.25) is 4.21 Å². The maximum Gasteiger partial charge on any atom is 0.0691 e. The summed E-state index contributed by atoms with van der Waals surface area (Å²) >= 11 is 0. The van der Waals surface area contributed by atoms with E-state index in [4.69, 9.17) is 4.74 Å². The molecule has 90 valence electrons. The van der Waals surface area contributed by atoms with Crippen LogP contribution in [-0.2, 0) is 15.5 Å². The molecule has 0 aromatic rings. The van der Waals surface area contributed by atoms with E-state index in [1.54, 1.807) is 0 Å². The third-order valence-electron chi connectivity index (χ3n) is 2.94. The van der Waals surface area contributed by atoms with Gasteiger partial charge in [-0.25, -0.2) is 0 Å². The minimum absolute atomic E-state index is 0.246. The molecule has 1 aliphatic heterocycles. The Bertz CT molecular complexity index is 203. The predicted molar refractivity (Wildman–Crippen MR) is 64.5 cm³/mol. The van der Waals surface area contributed by atoms with Gasteiger partial charge in [0.05, 0.1) is 6.10 Å². The Hall–Kier alpha value is 0.0700. The third-order valence-corrected chi connectivity index (χ3v) is 4.41. The summed E-state index contributed by atoms with van der Waals surface area (Å²) in [6.45, 7) is 5.16. The molecule has 1 N–H and O–H groups in total. The molecule has 1 aliphatic rings. The Morgan fingerprint density at radius 1 is 1.53 bits per heavy atom. The van der Waals surface area contributed by atoms with Gasteiger partial charge in [-0.1, -0.05) is 13.8 Å². The Morgan fingerprint density at radius 3 is 2.73 bits per heavy atom. The molecule has 0 saturated carbocycles. The van der Waals surface area contributed by atoms with Crippen molar-refractivity contribution in [1.29, 1.82) is 0 Å². The normalized spacial score (nSPS) is 25.7. The Morgan fingerprint density at radius 2 is 2.27 bits per heavy atom. The van der Waals surface area contributed by atoms with Crippen LogP contribution in [0.5, 0.6) is 0 Å². The van der Waals surface area contributed by atoms with Crippen LogP contribution in [-0.4, -0.2) is 41.5 Å². The number of hydrogen-bond donors (Lipinski definition) is 1. The van der Waals surface area contributed by atoms with Crippen molar-refractivity contribution in [3.63, 3.8) is 0 Å². The first-order valence-corrected chi connectivity index (χ1v) is 7.26. The molecule has 0 aliphatic carbocycles. The molecule has 4 heteroatoms. The zero-order valence-corrected chi connectivity index (χ0v) is 10.8. The van der Waals surface area contributed by atoms with E-state index in [2.05, 4.69) is 19.2 Å². The summed E-state index contributed by atoms with van der Waals surface area (Å²) in [6.07, 6.45) is 2.45. The van der Waals surface area contributed by atoms with Crippen molar-refractivity contribution in [3.8, 4) is 0 Å². The van der Waals surface area contributed by atoms with Crippen LogP contribution < -0.4 is 5.32 Å². The smallest absolute Gasteiger partial charge is 0.0691 e. The lowest BCUT2D eigenvalue weighted by Gasteiger charge is -2.20. The van der Waals surface area contributed by atoms with Crippen molar-refractivity contribution in [3.05, 3.63) is 0 Å². The van der Waals surface area contributed by atoms with Crippen molar-refractivity contribution in [1.82, 2.24) is 5.32 Å². The maximum absolute atomic E-state index is 11.9. The van der Waals surface area contributed by atoms with Crippen LogP contribution in [0.2, 0.25) is 0 Å². The zero-order valence-electron chi connectivity index (χ0n) is 9.99. The van der Waals surface area contributed by atoms with Gasteiger partial charge in [-0.2, -0.15) is 0 Å². The van der Waals surface area contributed by atoms with Gasteiger partial charge in [-0.15, -0.1) is 0 Å². The average molecular weight is 233 g/mol. The fourth-order valence-electron chi connectivity index (χ4n) is 1.86. The highest BCUT2D eigenvalue weighted by Crippen LogP contribution is 2.14. The lowest BCUT2D eigenvalue weighted by molar-refractivity contribution is 0.128. The third kappa shape index (κ3) is 4.62. The molecule has 0 radical (unpaired) electrons. The van der Waals surface area contributed by atoms with Crippen LogP contribution in [0.15, 0.2) is 0 Å². The van der Waals surface area contributed by atoms with Crippen molar-refractivity contribution in [2.75, 3.05) is 25.2 Å². The quantitative estimate of drug-likeness (QED) is 0.748. The maximum atomic E-state index is 11.9. The van der Waals surface area contributed by atoms with Gasteiger partial charge in [0, 0.05) is 35.0 Å². The molecule has 0 aromatic heterocycles. The predicted octanol–water partition coefficient (Wildman–Crippen LogP) is 1.16. The second-order valence-corrected chi connectivity index (χ2v) is 6.09. The summed E-state index contributed by atoms with van der Waals surface area (Å²) in [7, 11) is 1.19. The van der Waals surface area contributed by atoms with Crippen molar-refractivity contribution >= 4 is 10.8 Å². The summed E-state index contributed by atoms with van der Waals surface area (Å²) in [5.74, 6) is 1.99. The molecule has 3 atom stereocenters. The topological polar surface area (TPSA) is 38.3 Å². The highest BCUT2D eigenvalue weighted by atomic mass is 32.2. The number of nitrogens with one attached hydrogen (secondary N) is 1. The summed E-state index contributed by atoms with van der Waals surface area (Å²) in [5, 5.41) is 3.22. The second kappa shape index (κ2) is 6.61. The van der Waals surface area contributed by atoms with Crippen molar-refractivity contribution in [2.24, 2.45) is 5.92 Å². The standard InChI is InChI=1S/C11H23NO2S/c1-9(2)11(12-3)8-15(13)7-10-5-4-6-14-10/h9-12H,4-8H2,1-3H3. The molecule has 0 spiro atoms. The van der Waals surface area contributed by atoms with E-state index in [0.29, 0.717) is 17.7 Å². The Kier molecular flexibility index (Phi) is 5.79.